The number of nitriles is 1. The van der Waals surface area contributed by atoms with E-state index in [0.29, 0.717) is 0 Å². The average molecular weight is 235 g/mol. The first kappa shape index (κ1) is 12.9. The van der Waals surface area contributed by atoms with E-state index in [-0.39, 0.29) is 0 Å². The van der Waals surface area contributed by atoms with Gasteiger partial charge >= 0.3 is 0 Å². The van der Waals surface area contributed by atoms with Gasteiger partial charge in [-0.25, -0.2) is 0 Å². The lowest BCUT2D eigenvalue weighted by molar-refractivity contribution is -0.0730. The van der Waals surface area contributed by atoms with Gasteiger partial charge in [-0.2, -0.15) is 5.26 Å². The summed E-state index contributed by atoms with van der Waals surface area (Å²) in [6, 6.07) is 2.51. The summed E-state index contributed by atoms with van der Waals surface area (Å²) in [5, 5.41) is 20.3. The second-order valence-electron chi connectivity index (χ2n) is 6.16. The van der Waals surface area contributed by atoms with Gasteiger partial charge in [0.25, 0.3) is 0 Å². The first-order chi connectivity index (χ1) is 8.16. The number of rotatable bonds is 3. The summed E-state index contributed by atoms with van der Waals surface area (Å²) in [7, 11) is 0. The van der Waals surface area contributed by atoms with Gasteiger partial charge in [0, 0.05) is 0 Å². The monoisotopic (exact) mass is 235 g/mol. The molecule has 0 amide bonds. The first-order valence-electron chi connectivity index (χ1n) is 7.29. The lowest BCUT2D eigenvalue weighted by Gasteiger charge is -2.44. The molecule has 0 saturated heterocycles. The molecule has 0 bridgehead atoms. The zero-order valence-electron chi connectivity index (χ0n) is 11.0. The number of nitrogens with zero attached hydrogens (tertiary/aromatic N) is 1. The predicted molar refractivity (Wildman–Crippen MR) is 68.3 cm³/mol. The molecule has 1 N–H and O–H groups in total. The maximum absolute atomic E-state index is 10.8. The van der Waals surface area contributed by atoms with Crippen LogP contribution < -0.4 is 0 Å². The number of aliphatic hydroxyl groups is 1. The van der Waals surface area contributed by atoms with Crippen molar-refractivity contribution in [3.63, 3.8) is 0 Å². The topological polar surface area (TPSA) is 44.0 Å². The highest BCUT2D eigenvalue weighted by Gasteiger charge is 2.53. The summed E-state index contributed by atoms with van der Waals surface area (Å²) < 4.78 is 0. The Labute approximate surface area is 105 Å². The normalized spacial score (nSPS) is 36.6. The van der Waals surface area contributed by atoms with Gasteiger partial charge in [0.2, 0.25) is 0 Å². The van der Waals surface area contributed by atoms with Crippen molar-refractivity contribution in [2.45, 2.75) is 76.7 Å². The fraction of sp³-hybridized carbons (Fsp3) is 0.933. The largest absolute Gasteiger partial charge is 0.388 e. The fourth-order valence-electron chi connectivity index (χ4n) is 3.99. The minimum atomic E-state index is -0.668. The Morgan fingerprint density at radius 1 is 1.18 bits per heavy atom. The Morgan fingerprint density at radius 3 is 2.24 bits per heavy atom. The summed E-state index contributed by atoms with van der Waals surface area (Å²) in [4.78, 5) is 0. The summed E-state index contributed by atoms with van der Waals surface area (Å²) in [5.41, 5.74) is -1.09. The maximum atomic E-state index is 10.8. The molecule has 0 aliphatic heterocycles. The van der Waals surface area contributed by atoms with Crippen LogP contribution in [0.4, 0.5) is 0 Å². The van der Waals surface area contributed by atoms with Crippen LogP contribution in [0, 0.1) is 22.7 Å². The molecule has 96 valence electrons. The molecular weight excluding hydrogens is 210 g/mol. The minimum absolute atomic E-state index is 0.423. The second-order valence-corrected chi connectivity index (χ2v) is 6.16. The Morgan fingerprint density at radius 2 is 1.76 bits per heavy atom. The van der Waals surface area contributed by atoms with E-state index in [1.165, 1.54) is 12.8 Å². The highest BCUT2D eigenvalue weighted by atomic mass is 16.3. The predicted octanol–water partition coefficient (Wildman–Crippen LogP) is 3.79. The van der Waals surface area contributed by atoms with Crippen molar-refractivity contribution in [1.82, 2.24) is 0 Å². The van der Waals surface area contributed by atoms with Crippen molar-refractivity contribution in [3.8, 4) is 6.07 Å². The number of hydrogen-bond acceptors (Lipinski definition) is 2. The molecule has 2 aliphatic rings. The third-order valence-electron chi connectivity index (χ3n) is 5.19. The van der Waals surface area contributed by atoms with E-state index >= 15 is 0 Å². The van der Waals surface area contributed by atoms with Crippen LogP contribution in [0.1, 0.15) is 71.1 Å². The molecule has 2 saturated carbocycles. The zero-order chi connectivity index (χ0) is 12.4. The van der Waals surface area contributed by atoms with Crippen molar-refractivity contribution in [1.29, 1.82) is 5.26 Å². The van der Waals surface area contributed by atoms with Crippen LogP contribution >= 0.6 is 0 Å². The van der Waals surface area contributed by atoms with Gasteiger partial charge in [-0.15, -0.1) is 0 Å². The van der Waals surface area contributed by atoms with Gasteiger partial charge in [0.15, 0.2) is 0 Å². The van der Waals surface area contributed by atoms with Gasteiger partial charge in [0.1, 0.15) is 0 Å². The lowest BCUT2D eigenvalue weighted by Crippen LogP contribution is -2.47. The Balaban J connectivity index is 2.05. The molecular formula is C15H25NO. The molecule has 0 radical (unpaired) electrons. The molecule has 2 aliphatic carbocycles. The van der Waals surface area contributed by atoms with Crippen LogP contribution in [0.3, 0.4) is 0 Å². The summed E-state index contributed by atoms with van der Waals surface area (Å²) in [6.07, 6.45) is 10.5. The van der Waals surface area contributed by atoms with Crippen molar-refractivity contribution in [2.24, 2.45) is 11.3 Å². The first-order valence-corrected chi connectivity index (χ1v) is 7.29. The van der Waals surface area contributed by atoms with Gasteiger partial charge < -0.3 is 5.11 Å². The third-order valence-corrected chi connectivity index (χ3v) is 5.19. The second kappa shape index (κ2) is 4.98. The van der Waals surface area contributed by atoms with Crippen LogP contribution in [0.25, 0.3) is 0 Å². The standard InChI is InChI=1S/C15H25NO/c1-2-5-13-6-10-14(12-16,11-7-13)15(17)8-3-4-9-15/h13,17H,2-11H2,1H3. The van der Waals surface area contributed by atoms with Gasteiger partial charge in [0.05, 0.1) is 17.1 Å². The fourth-order valence-corrected chi connectivity index (χ4v) is 3.99. The Hall–Kier alpha value is -0.550. The van der Waals surface area contributed by atoms with Crippen LogP contribution in [-0.2, 0) is 0 Å². The summed E-state index contributed by atoms with van der Waals surface area (Å²) >= 11 is 0. The van der Waals surface area contributed by atoms with E-state index in [9.17, 15) is 10.4 Å². The summed E-state index contributed by atoms with van der Waals surface area (Å²) in [6.45, 7) is 2.23. The van der Waals surface area contributed by atoms with Crippen LogP contribution in [0.2, 0.25) is 0 Å². The Kier molecular flexibility index (Phi) is 3.78. The highest BCUT2D eigenvalue weighted by Crippen LogP contribution is 2.53. The molecule has 2 heteroatoms. The molecule has 2 fully saturated rings. The maximum Gasteiger partial charge on any atom is 0.0860 e. The summed E-state index contributed by atoms with van der Waals surface area (Å²) in [5.74, 6) is 0.798. The van der Waals surface area contributed by atoms with E-state index in [1.54, 1.807) is 0 Å². The lowest BCUT2D eigenvalue weighted by atomic mass is 9.61. The van der Waals surface area contributed by atoms with Crippen molar-refractivity contribution in [3.05, 3.63) is 0 Å². The van der Waals surface area contributed by atoms with Crippen molar-refractivity contribution >= 4 is 0 Å². The molecule has 2 nitrogen and oxygen atoms in total. The SMILES string of the molecule is CCCC1CCC(C#N)(C2(O)CCCC2)CC1. The molecule has 0 heterocycles. The smallest absolute Gasteiger partial charge is 0.0860 e. The molecule has 0 atom stereocenters. The molecule has 17 heavy (non-hydrogen) atoms. The van der Waals surface area contributed by atoms with Crippen molar-refractivity contribution in [2.75, 3.05) is 0 Å². The third kappa shape index (κ3) is 2.22. The van der Waals surface area contributed by atoms with E-state index in [0.717, 1.165) is 57.3 Å². The molecule has 0 aromatic carbocycles. The van der Waals surface area contributed by atoms with Crippen LogP contribution in [0.5, 0.6) is 0 Å². The van der Waals surface area contributed by atoms with Gasteiger partial charge in [-0.05, 0) is 44.4 Å². The van der Waals surface area contributed by atoms with Gasteiger partial charge in [-0.1, -0.05) is 32.6 Å². The minimum Gasteiger partial charge on any atom is -0.388 e. The molecule has 0 aromatic heterocycles. The number of hydrogen-bond donors (Lipinski definition) is 1. The van der Waals surface area contributed by atoms with E-state index in [1.807, 2.05) is 0 Å². The van der Waals surface area contributed by atoms with E-state index in [4.69, 9.17) is 0 Å². The highest BCUT2D eigenvalue weighted by molar-refractivity contribution is 5.14. The molecule has 2 rings (SSSR count). The van der Waals surface area contributed by atoms with E-state index < -0.39 is 11.0 Å². The van der Waals surface area contributed by atoms with E-state index in [2.05, 4.69) is 13.0 Å². The van der Waals surface area contributed by atoms with Crippen LogP contribution in [-0.4, -0.2) is 10.7 Å². The quantitative estimate of drug-likeness (QED) is 0.808. The van der Waals surface area contributed by atoms with Gasteiger partial charge in [-0.3, -0.25) is 0 Å². The zero-order valence-corrected chi connectivity index (χ0v) is 11.0. The molecule has 0 aromatic rings. The molecule has 0 unspecified atom stereocenters. The average Bonchev–Trinajstić information content (AvgIpc) is 2.79. The van der Waals surface area contributed by atoms with Crippen molar-refractivity contribution < 1.29 is 5.11 Å². The molecule has 0 spiro atoms. The van der Waals surface area contributed by atoms with Crippen LogP contribution in [0.15, 0.2) is 0 Å². The Bertz CT molecular complexity index is 291.